The maximum absolute atomic E-state index is 11.9. The van der Waals surface area contributed by atoms with Crippen LogP contribution in [-0.2, 0) is 15.3 Å². The van der Waals surface area contributed by atoms with Crippen LogP contribution >= 0.6 is 23.2 Å². The second-order valence-corrected chi connectivity index (χ2v) is 7.77. The minimum absolute atomic E-state index is 0.0388. The van der Waals surface area contributed by atoms with Gasteiger partial charge in [0, 0.05) is 18.5 Å². The number of benzene rings is 2. The van der Waals surface area contributed by atoms with Crippen LogP contribution in [0.3, 0.4) is 0 Å². The Morgan fingerprint density at radius 1 is 1.23 bits per heavy atom. The lowest BCUT2D eigenvalue weighted by molar-refractivity contribution is 0.213. The first kappa shape index (κ1) is 19.3. The largest absolute Gasteiger partial charge is 0.394 e. The van der Waals surface area contributed by atoms with Gasteiger partial charge in [-0.05, 0) is 48.9 Å². The van der Waals surface area contributed by atoms with Gasteiger partial charge in [-0.1, -0.05) is 23.2 Å². The predicted molar refractivity (Wildman–Crippen MR) is 106 cm³/mol. The van der Waals surface area contributed by atoms with Crippen LogP contribution in [0.15, 0.2) is 46.4 Å². The summed E-state index contributed by atoms with van der Waals surface area (Å²) in [5, 5.41) is 16.4. The zero-order valence-electron chi connectivity index (χ0n) is 14.1. The van der Waals surface area contributed by atoms with Gasteiger partial charge in [-0.25, -0.2) is 4.21 Å². The van der Waals surface area contributed by atoms with E-state index in [1.807, 2.05) is 36.2 Å². The summed E-state index contributed by atoms with van der Waals surface area (Å²) in [5.41, 5.74) is 3.89. The lowest BCUT2D eigenvalue weighted by Gasteiger charge is -2.13. The molecule has 26 heavy (non-hydrogen) atoms. The predicted octanol–water partition coefficient (Wildman–Crippen LogP) is 3.95. The van der Waals surface area contributed by atoms with Gasteiger partial charge in [-0.15, -0.1) is 0 Å². The van der Waals surface area contributed by atoms with Crippen molar-refractivity contribution in [3.8, 4) is 0 Å². The summed E-state index contributed by atoms with van der Waals surface area (Å²) in [6.07, 6.45) is 0.798. The monoisotopic (exact) mass is 412 g/mol. The molecule has 2 aromatic carbocycles. The molecule has 0 bridgehead atoms. The summed E-state index contributed by atoms with van der Waals surface area (Å²) < 4.78 is 16.9. The first-order chi connectivity index (χ1) is 12.5. The minimum Gasteiger partial charge on any atom is -0.394 e. The highest BCUT2D eigenvalue weighted by Crippen LogP contribution is 2.29. The Labute approximate surface area is 164 Å². The van der Waals surface area contributed by atoms with E-state index in [1.165, 1.54) is 0 Å². The molecule has 1 aliphatic heterocycles. The van der Waals surface area contributed by atoms with Crippen LogP contribution in [0.25, 0.3) is 0 Å². The Kier molecular flexibility index (Phi) is 6.32. The van der Waals surface area contributed by atoms with Crippen molar-refractivity contribution in [1.82, 2.24) is 0 Å². The van der Waals surface area contributed by atoms with Gasteiger partial charge in [0.05, 0.1) is 39.6 Å². The van der Waals surface area contributed by atoms with E-state index >= 15 is 0 Å². The molecule has 2 aromatic rings. The van der Waals surface area contributed by atoms with Crippen LogP contribution in [0, 0.1) is 6.92 Å². The summed E-state index contributed by atoms with van der Waals surface area (Å²) in [6, 6.07) is 10.9. The molecule has 0 amide bonds. The van der Waals surface area contributed by atoms with Gasteiger partial charge >= 0.3 is 0 Å². The van der Waals surface area contributed by atoms with Crippen LogP contribution < -0.4 is 5.01 Å². The van der Waals surface area contributed by atoms with Crippen molar-refractivity contribution in [1.29, 1.82) is 0 Å². The number of halogens is 2. The molecule has 1 atom stereocenters. The van der Waals surface area contributed by atoms with Crippen LogP contribution in [0.5, 0.6) is 0 Å². The zero-order chi connectivity index (χ0) is 18.7. The molecular formula is C18H18Cl2N2O3S. The van der Waals surface area contributed by atoms with Gasteiger partial charge in [-0.2, -0.15) is 5.10 Å². The smallest absolute Gasteiger partial charge is 0.189 e. The number of anilines is 1. The number of hydrazone groups is 1. The highest BCUT2D eigenvalue weighted by molar-refractivity contribution is 7.80. The van der Waals surface area contributed by atoms with E-state index in [4.69, 9.17) is 37.6 Å². The van der Waals surface area contributed by atoms with Crippen molar-refractivity contribution in [2.45, 2.75) is 18.2 Å². The van der Waals surface area contributed by atoms with Crippen molar-refractivity contribution < 1.29 is 13.5 Å². The number of rotatable bonds is 6. The third-order valence-corrected chi connectivity index (χ3v) is 5.75. The normalized spacial score (nSPS) is 15.2. The molecule has 1 aliphatic rings. The molecule has 0 aromatic heterocycles. The lowest BCUT2D eigenvalue weighted by atomic mass is 10.0. The van der Waals surface area contributed by atoms with Crippen molar-refractivity contribution in [3.05, 3.63) is 57.6 Å². The SMILES string of the molecule is Cc1cc(Cl)c(Cl)cc1C1=NN(c2ccc(S(=O)OCCO)cc2)CC1. The van der Waals surface area contributed by atoms with Crippen LogP contribution in [-0.4, -0.2) is 34.8 Å². The highest BCUT2D eigenvalue weighted by atomic mass is 35.5. The van der Waals surface area contributed by atoms with Crippen molar-refractivity contribution in [2.75, 3.05) is 24.8 Å². The minimum atomic E-state index is -1.58. The molecule has 0 radical (unpaired) electrons. The Morgan fingerprint density at radius 2 is 1.92 bits per heavy atom. The summed E-state index contributed by atoms with van der Waals surface area (Å²) in [6.45, 7) is 2.61. The third kappa shape index (κ3) is 4.27. The fraction of sp³-hybridized carbons (Fsp3) is 0.278. The third-order valence-electron chi connectivity index (χ3n) is 3.99. The van der Waals surface area contributed by atoms with Gasteiger partial charge in [0.15, 0.2) is 11.1 Å². The number of aliphatic hydroxyl groups excluding tert-OH is 1. The summed E-state index contributed by atoms with van der Waals surface area (Å²) >= 11 is 10.6. The molecule has 0 spiro atoms. The average Bonchev–Trinajstić information content (AvgIpc) is 3.12. The molecule has 0 fully saturated rings. The summed E-state index contributed by atoms with van der Waals surface area (Å²) in [7, 11) is 0. The van der Waals surface area contributed by atoms with Crippen LogP contribution in [0.2, 0.25) is 10.0 Å². The topological polar surface area (TPSA) is 62.1 Å². The van der Waals surface area contributed by atoms with Gasteiger partial charge in [-0.3, -0.25) is 9.19 Å². The number of hydrogen-bond donors (Lipinski definition) is 1. The van der Waals surface area contributed by atoms with Gasteiger partial charge < -0.3 is 5.11 Å². The van der Waals surface area contributed by atoms with Crippen LogP contribution in [0.1, 0.15) is 17.5 Å². The average molecular weight is 413 g/mol. The van der Waals surface area contributed by atoms with E-state index in [1.54, 1.807) is 12.1 Å². The van der Waals surface area contributed by atoms with Crippen molar-refractivity contribution in [2.24, 2.45) is 5.10 Å². The molecule has 5 nitrogen and oxygen atoms in total. The maximum atomic E-state index is 11.9. The molecule has 0 aliphatic carbocycles. The Morgan fingerprint density at radius 3 is 2.62 bits per heavy atom. The standard InChI is InChI=1S/C18H18Cl2N2O3S/c1-12-10-16(19)17(20)11-15(12)18-6-7-22(21-18)13-2-4-14(5-3-13)26(24)25-9-8-23/h2-5,10-11,23H,6-9H2,1H3. The van der Waals surface area contributed by atoms with Crippen molar-refractivity contribution in [3.63, 3.8) is 0 Å². The number of aryl methyl sites for hydroxylation is 1. The van der Waals surface area contributed by atoms with E-state index in [9.17, 15) is 4.21 Å². The maximum Gasteiger partial charge on any atom is 0.189 e. The molecule has 138 valence electrons. The Hall–Kier alpha value is -1.44. The van der Waals surface area contributed by atoms with Gasteiger partial charge in [0.25, 0.3) is 0 Å². The number of hydrogen-bond acceptors (Lipinski definition) is 5. The molecule has 0 saturated carbocycles. The molecule has 1 heterocycles. The molecule has 3 rings (SSSR count). The Balaban J connectivity index is 1.77. The Bertz CT molecular complexity index is 856. The van der Waals surface area contributed by atoms with E-state index < -0.39 is 11.1 Å². The number of aliphatic hydroxyl groups is 1. The molecule has 1 unspecified atom stereocenters. The van der Waals surface area contributed by atoms with Gasteiger partial charge in [0.2, 0.25) is 0 Å². The van der Waals surface area contributed by atoms with E-state index in [2.05, 4.69) is 0 Å². The molecular weight excluding hydrogens is 395 g/mol. The first-order valence-corrected chi connectivity index (χ1v) is 9.89. The highest BCUT2D eigenvalue weighted by Gasteiger charge is 2.20. The molecule has 8 heteroatoms. The fourth-order valence-electron chi connectivity index (χ4n) is 2.70. The molecule has 0 saturated heterocycles. The summed E-state index contributed by atoms with van der Waals surface area (Å²) in [4.78, 5) is 0.547. The van der Waals surface area contributed by atoms with Crippen molar-refractivity contribution >= 4 is 45.7 Å². The van der Waals surface area contributed by atoms with E-state index in [0.29, 0.717) is 14.9 Å². The van der Waals surface area contributed by atoms with E-state index in [0.717, 1.165) is 35.5 Å². The fourth-order valence-corrected chi connectivity index (χ4v) is 3.80. The van der Waals surface area contributed by atoms with Gasteiger partial charge in [0.1, 0.15) is 0 Å². The lowest BCUT2D eigenvalue weighted by Crippen LogP contribution is -2.11. The first-order valence-electron chi connectivity index (χ1n) is 8.06. The van der Waals surface area contributed by atoms with Crippen LogP contribution in [0.4, 0.5) is 5.69 Å². The second kappa shape index (κ2) is 8.50. The zero-order valence-corrected chi connectivity index (χ0v) is 16.4. The quantitative estimate of drug-likeness (QED) is 0.779. The molecule has 1 N–H and O–H groups in total. The number of nitrogens with zero attached hydrogens (tertiary/aromatic N) is 2. The second-order valence-electron chi connectivity index (χ2n) is 5.78. The summed E-state index contributed by atoms with van der Waals surface area (Å²) in [5.74, 6) is 0. The van der Waals surface area contributed by atoms with E-state index in [-0.39, 0.29) is 13.2 Å².